The van der Waals surface area contributed by atoms with Crippen molar-refractivity contribution < 1.29 is 0 Å². The number of nitrogens with one attached hydrogen (secondary N) is 1. The summed E-state index contributed by atoms with van der Waals surface area (Å²) in [5, 5.41) is 6.75. The third kappa shape index (κ3) is 3.95. The molecule has 2 aromatic rings. The fraction of sp³-hybridized carbons (Fsp3) is 0.615. The molecule has 0 amide bonds. The first kappa shape index (κ1) is 14.8. The summed E-state index contributed by atoms with van der Waals surface area (Å²) in [4.78, 5) is 8.04. The molecule has 0 aromatic carbocycles. The summed E-state index contributed by atoms with van der Waals surface area (Å²) >= 11 is 3.56. The van der Waals surface area contributed by atoms with Crippen LogP contribution in [0.5, 0.6) is 0 Å². The van der Waals surface area contributed by atoms with Gasteiger partial charge in [0.2, 0.25) is 0 Å². The van der Waals surface area contributed by atoms with Gasteiger partial charge in [0.1, 0.15) is 5.03 Å². The average molecular weight is 298 g/mol. The van der Waals surface area contributed by atoms with Crippen LogP contribution in [0.15, 0.2) is 16.6 Å². The van der Waals surface area contributed by atoms with Gasteiger partial charge in [-0.15, -0.1) is 23.1 Å². The second kappa shape index (κ2) is 7.28. The SMILES string of the molecule is CCCNCc1c(SCCN(C)C)nc2sccn12. The first-order valence-electron chi connectivity index (χ1n) is 6.65. The summed E-state index contributed by atoms with van der Waals surface area (Å²) in [5.41, 5.74) is 1.30. The van der Waals surface area contributed by atoms with Crippen LogP contribution in [0.2, 0.25) is 0 Å². The zero-order valence-corrected chi connectivity index (χ0v) is 13.5. The van der Waals surface area contributed by atoms with E-state index in [4.69, 9.17) is 4.98 Å². The molecule has 0 saturated carbocycles. The molecule has 0 bridgehead atoms. The maximum atomic E-state index is 4.73. The first-order chi connectivity index (χ1) is 9.22. The van der Waals surface area contributed by atoms with Crippen LogP contribution >= 0.6 is 23.1 Å². The highest BCUT2D eigenvalue weighted by Gasteiger charge is 2.13. The van der Waals surface area contributed by atoms with Crippen molar-refractivity contribution in [1.82, 2.24) is 19.6 Å². The van der Waals surface area contributed by atoms with Gasteiger partial charge in [0, 0.05) is 30.4 Å². The van der Waals surface area contributed by atoms with Crippen molar-refractivity contribution in [3.05, 3.63) is 17.3 Å². The number of thiazole rings is 1. The van der Waals surface area contributed by atoms with Gasteiger partial charge in [0.15, 0.2) is 4.96 Å². The van der Waals surface area contributed by atoms with E-state index >= 15 is 0 Å². The van der Waals surface area contributed by atoms with E-state index in [1.165, 1.54) is 10.7 Å². The van der Waals surface area contributed by atoms with Crippen molar-refractivity contribution in [3.63, 3.8) is 0 Å². The van der Waals surface area contributed by atoms with Crippen LogP contribution in [-0.2, 0) is 6.54 Å². The van der Waals surface area contributed by atoms with Gasteiger partial charge in [0.05, 0.1) is 5.69 Å². The lowest BCUT2D eigenvalue weighted by Gasteiger charge is -2.09. The molecule has 0 atom stereocenters. The minimum absolute atomic E-state index is 0.899. The zero-order chi connectivity index (χ0) is 13.7. The maximum Gasteiger partial charge on any atom is 0.194 e. The summed E-state index contributed by atoms with van der Waals surface area (Å²) in [7, 11) is 4.21. The largest absolute Gasteiger partial charge is 0.311 e. The van der Waals surface area contributed by atoms with E-state index in [0.717, 1.165) is 36.8 Å². The number of rotatable bonds is 8. The predicted octanol–water partition coefficient (Wildman–Crippen LogP) is 2.55. The summed E-state index contributed by atoms with van der Waals surface area (Å²) in [6, 6.07) is 0. The van der Waals surface area contributed by atoms with Gasteiger partial charge < -0.3 is 10.2 Å². The van der Waals surface area contributed by atoms with Crippen molar-refractivity contribution >= 4 is 28.1 Å². The Morgan fingerprint density at radius 1 is 1.47 bits per heavy atom. The molecule has 106 valence electrons. The van der Waals surface area contributed by atoms with Gasteiger partial charge in [-0.2, -0.15) is 0 Å². The fourth-order valence-corrected chi connectivity index (χ4v) is 3.73. The minimum Gasteiger partial charge on any atom is -0.311 e. The number of aromatic nitrogens is 2. The molecule has 2 heterocycles. The number of hydrogen-bond acceptors (Lipinski definition) is 5. The summed E-state index contributed by atoms with van der Waals surface area (Å²) < 4.78 is 2.21. The Bertz CT molecular complexity index is 504. The number of thioether (sulfide) groups is 1. The van der Waals surface area contributed by atoms with Gasteiger partial charge in [-0.05, 0) is 27.1 Å². The molecule has 0 spiro atoms. The highest BCUT2D eigenvalue weighted by Crippen LogP contribution is 2.25. The van der Waals surface area contributed by atoms with E-state index in [1.54, 1.807) is 11.3 Å². The van der Waals surface area contributed by atoms with Crippen molar-refractivity contribution in [2.45, 2.75) is 24.9 Å². The molecule has 19 heavy (non-hydrogen) atoms. The second-order valence-electron chi connectivity index (χ2n) is 4.75. The Morgan fingerprint density at radius 3 is 3.05 bits per heavy atom. The van der Waals surface area contributed by atoms with E-state index in [9.17, 15) is 0 Å². The summed E-state index contributed by atoms with van der Waals surface area (Å²) in [6.45, 7) is 5.23. The van der Waals surface area contributed by atoms with Gasteiger partial charge >= 0.3 is 0 Å². The fourth-order valence-electron chi connectivity index (χ4n) is 1.80. The molecule has 2 rings (SSSR count). The number of nitrogens with zero attached hydrogens (tertiary/aromatic N) is 3. The molecular formula is C13H22N4S2. The zero-order valence-electron chi connectivity index (χ0n) is 11.8. The van der Waals surface area contributed by atoms with Crippen LogP contribution in [0.1, 0.15) is 19.0 Å². The van der Waals surface area contributed by atoms with Crippen molar-refractivity contribution in [2.75, 3.05) is 32.9 Å². The topological polar surface area (TPSA) is 32.6 Å². The molecule has 0 aliphatic rings. The van der Waals surface area contributed by atoms with Gasteiger partial charge in [0.25, 0.3) is 0 Å². The second-order valence-corrected chi connectivity index (χ2v) is 6.70. The molecule has 1 N–H and O–H groups in total. The smallest absolute Gasteiger partial charge is 0.194 e. The molecule has 0 radical (unpaired) electrons. The lowest BCUT2D eigenvalue weighted by molar-refractivity contribution is 0.437. The average Bonchev–Trinajstić information content (AvgIpc) is 2.92. The number of fused-ring (bicyclic) bond motifs is 1. The van der Waals surface area contributed by atoms with Crippen LogP contribution < -0.4 is 5.32 Å². The van der Waals surface area contributed by atoms with E-state index in [1.807, 2.05) is 11.8 Å². The standard InChI is InChI=1S/C13H22N4S2/c1-4-5-14-10-11-12(18-8-6-16(2)3)15-13-17(11)7-9-19-13/h7,9,14H,4-6,8,10H2,1-3H3. The van der Waals surface area contributed by atoms with Gasteiger partial charge in [-0.25, -0.2) is 4.98 Å². The number of imidazole rings is 1. The normalized spacial score (nSPS) is 11.8. The number of hydrogen-bond donors (Lipinski definition) is 1. The van der Waals surface area contributed by atoms with Crippen molar-refractivity contribution in [3.8, 4) is 0 Å². The van der Waals surface area contributed by atoms with Crippen LogP contribution in [0.25, 0.3) is 4.96 Å². The van der Waals surface area contributed by atoms with E-state index < -0.39 is 0 Å². The highest BCUT2D eigenvalue weighted by molar-refractivity contribution is 7.99. The molecule has 4 nitrogen and oxygen atoms in total. The molecular weight excluding hydrogens is 276 g/mol. The predicted molar refractivity (Wildman–Crippen MR) is 84.3 cm³/mol. The third-order valence-electron chi connectivity index (χ3n) is 2.82. The third-order valence-corrected chi connectivity index (χ3v) is 4.56. The monoisotopic (exact) mass is 298 g/mol. The van der Waals surface area contributed by atoms with Crippen LogP contribution in [0.4, 0.5) is 0 Å². The van der Waals surface area contributed by atoms with Crippen LogP contribution in [0.3, 0.4) is 0 Å². The summed E-state index contributed by atoms with van der Waals surface area (Å²) in [5.74, 6) is 1.08. The minimum atomic E-state index is 0.899. The molecule has 0 saturated heterocycles. The van der Waals surface area contributed by atoms with Gasteiger partial charge in [-0.3, -0.25) is 4.40 Å². The van der Waals surface area contributed by atoms with E-state index in [0.29, 0.717) is 0 Å². The highest BCUT2D eigenvalue weighted by atomic mass is 32.2. The lowest BCUT2D eigenvalue weighted by Crippen LogP contribution is -2.16. The Kier molecular flexibility index (Phi) is 5.69. The molecule has 6 heteroatoms. The lowest BCUT2D eigenvalue weighted by atomic mass is 10.4. The Hall–Kier alpha value is -0.560. The van der Waals surface area contributed by atoms with Crippen LogP contribution in [0, 0.1) is 0 Å². The Labute approximate surface area is 123 Å². The summed E-state index contributed by atoms with van der Waals surface area (Å²) in [6.07, 6.45) is 3.28. The molecule has 0 fully saturated rings. The van der Waals surface area contributed by atoms with Crippen LogP contribution in [-0.4, -0.2) is 47.2 Å². The Morgan fingerprint density at radius 2 is 2.32 bits per heavy atom. The molecule has 0 aliphatic carbocycles. The first-order valence-corrected chi connectivity index (χ1v) is 8.51. The molecule has 2 aromatic heterocycles. The molecule has 0 unspecified atom stereocenters. The van der Waals surface area contributed by atoms with Crippen molar-refractivity contribution in [2.24, 2.45) is 0 Å². The maximum absolute atomic E-state index is 4.73. The Balaban J connectivity index is 2.07. The molecule has 0 aliphatic heterocycles. The van der Waals surface area contributed by atoms with Crippen molar-refractivity contribution in [1.29, 1.82) is 0 Å². The van der Waals surface area contributed by atoms with Gasteiger partial charge in [-0.1, -0.05) is 6.92 Å². The van der Waals surface area contributed by atoms with E-state index in [-0.39, 0.29) is 0 Å². The quantitative estimate of drug-likeness (QED) is 0.600. The van der Waals surface area contributed by atoms with E-state index in [2.05, 4.69) is 47.2 Å².